The Balaban J connectivity index is 1.59. The van der Waals surface area contributed by atoms with Crippen LogP contribution in [0.25, 0.3) is 0 Å². The lowest BCUT2D eigenvalue weighted by Gasteiger charge is -2.40. The Morgan fingerprint density at radius 1 is 1.03 bits per heavy atom. The summed E-state index contributed by atoms with van der Waals surface area (Å²) in [6.07, 6.45) is 14.5. The highest BCUT2D eigenvalue weighted by Crippen LogP contribution is 2.58. The lowest BCUT2D eigenvalue weighted by molar-refractivity contribution is -0.160. The lowest BCUT2D eigenvalue weighted by atomic mass is 9.73. The molecule has 1 N–H and O–H groups in total. The van der Waals surface area contributed by atoms with Crippen molar-refractivity contribution in [3.63, 3.8) is 0 Å². The molecule has 2 amide bonds. The quantitative estimate of drug-likeness (QED) is 0.361. The van der Waals surface area contributed by atoms with Gasteiger partial charge in [-0.25, -0.2) is 0 Å². The van der Waals surface area contributed by atoms with Gasteiger partial charge in [0.15, 0.2) is 0 Å². The number of nitrogens with zero attached hydrogens (tertiary/aromatic N) is 2. The van der Waals surface area contributed by atoms with Crippen LogP contribution >= 0.6 is 0 Å². The summed E-state index contributed by atoms with van der Waals surface area (Å²) in [6, 6.07) is -0.660. The van der Waals surface area contributed by atoms with Crippen molar-refractivity contribution in [2.75, 3.05) is 26.3 Å². The van der Waals surface area contributed by atoms with Gasteiger partial charge in [0.05, 0.1) is 5.92 Å². The highest BCUT2D eigenvalue weighted by atomic mass is 16.6. The van der Waals surface area contributed by atoms with Crippen molar-refractivity contribution >= 4 is 17.8 Å². The molecular weight excluding hydrogens is 436 g/mol. The summed E-state index contributed by atoms with van der Waals surface area (Å²) in [7, 11) is 0. The van der Waals surface area contributed by atoms with Crippen LogP contribution < -0.4 is 0 Å². The molecule has 0 aromatic rings. The molecule has 8 nitrogen and oxygen atoms in total. The van der Waals surface area contributed by atoms with E-state index in [1.54, 1.807) is 11.0 Å². The monoisotopic (exact) mass is 472 g/mol. The molecule has 1 unspecified atom stereocenters. The molecule has 5 rings (SSSR count). The number of aliphatic hydroxyl groups excluding tert-OH is 1. The average Bonchev–Trinajstić information content (AvgIpc) is 3.11. The first kappa shape index (κ1) is 23.5. The molecule has 1 spiro atoms. The van der Waals surface area contributed by atoms with E-state index in [4.69, 9.17) is 9.47 Å². The molecule has 1 aliphatic carbocycles. The fraction of sp³-hybridized carbons (Fsp3) is 0.731. The molecule has 5 aliphatic rings. The number of amides is 2. The first-order valence-corrected chi connectivity index (χ1v) is 12.9. The fourth-order valence-corrected chi connectivity index (χ4v) is 6.97. The van der Waals surface area contributed by atoms with Gasteiger partial charge < -0.3 is 24.4 Å². The third-order valence-electron chi connectivity index (χ3n) is 8.55. The molecule has 4 aliphatic heterocycles. The number of fused-ring (bicyclic) bond motifs is 2. The van der Waals surface area contributed by atoms with Crippen LogP contribution in [0.2, 0.25) is 0 Å². The van der Waals surface area contributed by atoms with Crippen LogP contribution in [0.5, 0.6) is 0 Å². The van der Waals surface area contributed by atoms with Crippen LogP contribution in [0.1, 0.15) is 58.3 Å². The van der Waals surface area contributed by atoms with Gasteiger partial charge in [0.25, 0.3) is 0 Å². The molecule has 0 bridgehead atoms. The molecule has 2 saturated heterocycles. The predicted molar refractivity (Wildman–Crippen MR) is 123 cm³/mol. The summed E-state index contributed by atoms with van der Waals surface area (Å²) in [5.74, 6) is -2.36. The van der Waals surface area contributed by atoms with Gasteiger partial charge in [0.2, 0.25) is 11.8 Å². The Labute approximate surface area is 200 Å². The Kier molecular flexibility index (Phi) is 6.31. The molecule has 3 fully saturated rings. The van der Waals surface area contributed by atoms with Gasteiger partial charge >= 0.3 is 5.97 Å². The number of carbonyl (C=O) groups excluding carboxylic acids is 3. The Morgan fingerprint density at radius 3 is 2.56 bits per heavy atom. The summed E-state index contributed by atoms with van der Waals surface area (Å²) in [5.41, 5.74) is -2.19. The van der Waals surface area contributed by atoms with E-state index >= 15 is 0 Å². The molecule has 1 saturated carbocycles. The molecule has 4 heterocycles. The van der Waals surface area contributed by atoms with Crippen LogP contribution in [-0.4, -0.2) is 82.3 Å². The number of ether oxygens (including phenoxy) is 2. The number of esters is 1. The second-order valence-corrected chi connectivity index (χ2v) is 10.3. The zero-order valence-electron chi connectivity index (χ0n) is 20.0. The van der Waals surface area contributed by atoms with E-state index in [-0.39, 0.29) is 31.1 Å². The molecule has 186 valence electrons. The van der Waals surface area contributed by atoms with Gasteiger partial charge in [-0.15, -0.1) is 0 Å². The molecule has 8 heteroatoms. The molecular formula is C26H36N2O6. The van der Waals surface area contributed by atoms with Crippen molar-refractivity contribution in [2.24, 2.45) is 11.8 Å². The lowest BCUT2D eigenvalue weighted by Crippen LogP contribution is -2.57. The molecule has 5 atom stereocenters. The van der Waals surface area contributed by atoms with E-state index in [0.717, 1.165) is 25.7 Å². The number of likely N-dealkylation sites (tertiary alicyclic amines) is 1. The molecule has 0 aromatic carbocycles. The second kappa shape index (κ2) is 9.11. The van der Waals surface area contributed by atoms with Crippen LogP contribution in [0.4, 0.5) is 0 Å². The van der Waals surface area contributed by atoms with Crippen molar-refractivity contribution in [3.8, 4) is 0 Å². The van der Waals surface area contributed by atoms with E-state index in [0.29, 0.717) is 32.4 Å². The van der Waals surface area contributed by atoms with Gasteiger partial charge in [-0.1, -0.05) is 44.4 Å². The Hall–Kier alpha value is -2.19. The van der Waals surface area contributed by atoms with Crippen LogP contribution in [0.3, 0.4) is 0 Å². The highest BCUT2D eigenvalue weighted by molar-refractivity contribution is 5.99. The summed E-state index contributed by atoms with van der Waals surface area (Å²) in [4.78, 5) is 45.0. The zero-order valence-corrected chi connectivity index (χ0v) is 20.0. The molecule has 0 radical (unpaired) electrons. The predicted octanol–water partition coefficient (Wildman–Crippen LogP) is 1.96. The highest BCUT2D eigenvalue weighted by Gasteiger charge is 2.75. The fourth-order valence-electron chi connectivity index (χ4n) is 6.97. The van der Waals surface area contributed by atoms with Crippen LogP contribution in [0, 0.1) is 11.8 Å². The van der Waals surface area contributed by atoms with E-state index in [1.165, 1.54) is 6.42 Å². The van der Waals surface area contributed by atoms with Gasteiger partial charge in [-0.05, 0) is 38.2 Å². The van der Waals surface area contributed by atoms with E-state index in [2.05, 4.69) is 0 Å². The minimum absolute atomic E-state index is 0.0263. The SMILES string of the molecule is CC[C@]12C=CCOC(=O)[C@H]1[C@H]1C(=O)N(CCCCO)C3C(=O)N(C4CCCCC4)CC=C[C@@]31O2. The number of hydrogen-bond donors (Lipinski definition) is 1. The zero-order chi connectivity index (χ0) is 23.9. The second-order valence-electron chi connectivity index (χ2n) is 10.3. The minimum atomic E-state index is -1.21. The Bertz CT molecular complexity index is 896. The third-order valence-corrected chi connectivity index (χ3v) is 8.55. The average molecular weight is 473 g/mol. The number of hydrogen-bond acceptors (Lipinski definition) is 6. The third kappa shape index (κ3) is 3.44. The van der Waals surface area contributed by atoms with E-state index < -0.39 is 35.0 Å². The summed E-state index contributed by atoms with van der Waals surface area (Å²) < 4.78 is 12.3. The van der Waals surface area contributed by atoms with Gasteiger partial charge in [-0.3, -0.25) is 14.4 Å². The van der Waals surface area contributed by atoms with Gasteiger partial charge in [-0.2, -0.15) is 0 Å². The maximum Gasteiger partial charge on any atom is 0.313 e. The maximum absolute atomic E-state index is 14.2. The number of aliphatic hydroxyl groups is 1. The molecule has 34 heavy (non-hydrogen) atoms. The summed E-state index contributed by atoms with van der Waals surface area (Å²) in [5, 5.41) is 9.31. The van der Waals surface area contributed by atoms with Crippen LogP contribution in [-0.2, 0) is 23.9 Å². The number of cyclic esters (lactones) is 1. The Morgan fingerprint density at radius 2 is 1.82 bits per heavy atom. The van der Waals surface area contributed by atoms with Crippen molar-refractivity contribution in [1.29, 1.82) is 0 Å². The standard InChI is InChI=1S/C26H36N2O6/c1-2-25-12-9-17-33-24(32)20(25)19-22(30)28(14-6-7-16-29)21-23(31)27(18-10-4-3-5-11-18)15-8-13-26(19,21)34-25/h8-9,12-13,18-21,29H,2-7,10-11,14-17H2,1H3/t19-,20+,21?,25-,26-/m0/s1. The summed E-state index contributed by atoms with van der Waals surface area (Å²) >= 11 is 0. The van der Waals surface area contributed by atoms with E-state index in [9.17, 15) is 19.5 Å². The van der Waals surface area contributed by atoms with Crippen molar-refractivity contribution in [3.05, 3.63) is 24.3 Å². The van der Waals surface area contributed by atoms with Crippen molar-refractivity contribution in [2.45, 2.75) is 81.6 Å². The van der Waals surface area contributed by atoms with Crippen molar-refractivity contribution in [1.82, 2.24) is 9.80 Å². The van der Waals surface area contributed by atoms with Gasteiger partial charge in [0, 0.05) is 25.7 Å². The number of unbranched alkanes of at least 4 members (excludes halogenated alkanes) is 1. The van der Waals surface area contributed by atoms with Crippen molar-refractivity contribution < 1.29 is 29.0 Å². The largest absolute Gasteiger partial charge is 0.461 e. The van der Waals surface area contributed by atoms with Crippen LogP contribution in [0.15, 0.2) is 24.3 Å². The first-order chi connectivity index (χ1) is 16.5. The van der Waals surface area contributed by atoms with Gasteiger partial charge in [0.1, 0.15) is 29.8 Å². The molecule has 0 aromatic heterocycles. The number of carbonyl (C=O) groups is 3. The number of rotatable bonds is 6. The minimum Gasteiger partial charge on any atom is -0.461 e. The first-order valence-electron chi connectivity index (χ1n) is 12.9. The topological polar surface area (TPSA) is 96.4 Å². The normalized spacial score (nSPS) is 37.8. The van der Waals surface area contributed by atoms with E-state index in [1.807, 2.05) is 30.1 Å². The maximum atomic E-state index is 14.2. The summed E-state index contributed by atoms with van der Waals surface area (Å²) in [6.45, 7) is 2.96. The smallest absolute Gasteiger partial charge is 0.313 e.